The van der Waals surface area contributed by atoms with Crippen LogP contribution in [0.4, 0.5) is 0 Å². The first kappa shape index (κ1) is 16.5. The van der Waals surface area contributed by atoms with E-state index in [0.717, 1.165) is 24.8 Å². The summed E-state index contributed by atoms with van der Waals surface area (Å²) >= 11 is 0. The summed E-state index contributed by atoms with van der Waals surface area (Å²) in [6.45, 7) is 4.73. The van der Waals surface area contributed by atoms with Crippen LogP contribution in [0.3, 0.4) is 0 Å². The molecule has 0 aliphatic carbocycles. The van der Waals surface area contributed by atoms with Crippen LogP contribution in [-0.2, 0) is 11.2 Å². The van der Waals surface area contributed by atoms with Gasteiger partial charge in [-0.15, -0.1) is 0 Å². The van der Waals surface area contributed by atoms with Crippen molar-refractivity contribution in [1.29, 1.82) is 0 Å². The van der Waals surface area contributed by atoms with Gasteiger partial charge in [0, 0.05) is 6.42 Å². The Hall–Kier alpha value is -1.55. The van der Waals surface area contributed by atoms with E-state index >= 15 is 0 Å². The van der Waals surface area contributed by atoms with Gasteiger partial charge in [0.2, 0.25) is 0 Å². The number of rotatable bonds is 9. The van der Waals surface area contributed by atoms with Crippen LogP contribution in [0, 0.1) is 0 Å². The van der Waals surface area contributed by atoms with Crippen molar-refractivity contribution in [3.63, 3.8) is 0 Å². The fourth-order valence-electron chi connectivity index (χ4n) is 2.28. The average molecular weight is 279 g/mol. The second-order valence-electron chi connectivity index (χ2n) is 5.22. The van der Waals surface area contributed by atoms with Crippen molar-refractivity contribution in [3.8, 4) is 5.75 Å². The summed E-state index contributed by atoms with van der Waals surface area (Å²) in [4.78, 5) is 11.7. The van der Waals surface area contributed by atoms with Crippen molar-refractivity contribution in [1.82, 2.24) is 5.32 Å². The average Bonchev–Trinajstić information content (AvgIpc) is 2.44. The predicted molar refractivity (Wildman–Crippen MR) is 80.0 cm³/mol. The molecule has 0 saturated heterocycles. The van der Waals surface area contributed by atoms with E-state index in [2.05, 4.69) is 12.2 Å². The van der Waals surface area contributed by atoms with Crippen molar-refractivity contribution in [2.24, 2.45) is 0 Å². The minimum atomic E-state index is -0.926. The molecule has 0 heterocycles. The summed E-state index contributed by atoms with van der Waals surface area (Å²) in [5.41, 5.74) is -0.0138. The van der Waals surface area contributed by atoms with Crippen molar-refractivity contribution in [2.45, 2.75) is 51.5 Å². The van der Waals surface area contributed by atoms with Gasteiger partial charge in [-0.1, -0.05) is 38.8 Å². The van der Waals surface area contributed by atoms with Gasteiger partial charge in [0.1, 0.15) is 11.3 Å². The summed E-state index contributed by atoms with van der Waals surface area (Å²) in [5, 5.41) is 22.1. The number of aliphatic carboxylic acids is 1. The van der Waals surface area contributed by atoms with Crippen LogP contribution in [0.15, 0.2) is 24.3 Å². The number of carbonyl (C=O) groups is 1. The van der Waals surface area contributed by atoms with Gasteiger partial charge in [0.05, 0.1) is 0 Å². The fourth-order valence-corrected chi connectivity index (χ4v) is 2.28. The highest BCUT2D eigenvalue weighted by Gasteiger charge is 2.36. The van der Waals surface area contributed by atoms with E-state index in [1.165, 1.54) is 0 Å². The Labute approximate surface area is 120 Å². The molecule has 1 unspecified atom stereocenters. The van der Waals surface area contributed by atoms with E-state index in [0.29, 0.717) is 19.4 Å². The van der Waals surface area contributed by atoms with E-state index in [1.807, 2.05) is 6.92 Å². The minimum absolute atomic E-state index is 0.196. The van der Waals surface area contributed by atoms with Crippen LogP contribution in [0.25, 0.3) is 0 Å². The molecule has 0 aliphatic rings. The molecular weight excluding hydrogens is 254 g/mol. The molecule has 0 fully saturated rings. The lowest BCUT2D eigenvalue weighted by Crippen LogP contribution is -2.53. The van der Waals surface area contributed by atoms with Crippen molar-refractivity contribution >= 4 is 5.97 Å². The van der Waals surface area contributed by atoms with Crippen LogP contribution < -0.4 is 5.32 Å². The molecule has 1 rings (SSSR count). The molecular formula is C16H25NO3. The van der Waals surface area contributed by atoms with E-state index in [4.69, 9.17) is 0 Å². The number of hydrogen-bond donors (Lipinski definition) is 3. The standard InChI is InChI=1S/C16H25NO3/c1-3-5-6-11-17-16(4-2,15(19)20)12-13-7-9-14(18)10-8-13/h7-10,17-18H,3-6,11-12H2,1-2H3,(H,19,20). The van der Waals surface area contributed by atoms with Gasteiger partial charge in [0.15, 0.2) is 0 Å². The van der Waals surface area contributed by atoms with Crippen molar-refractivity contribution in [3.05, 3.63) is 29.8 Å². The Morgan fingerprint density at radius 2 is 1.85 bits per heavy atom. The third-order valence-electron chi connectivity index (χ3n) is 3.70. The molecule has 20 heavy (non-hydrogen) atoms. The molecule has 1 aromatic rings. The largest absolute Gasteiger partial charge is 0.508 e. The number of phenolic OH excluding ortho intramolecular Hbond substituents is 1. The monoisotopic (exact) mass is 279 g/mol. The zero-order valence-corrected chi connectivity index (χ0v) is 12.4. The molecule has 0 amide bonds. The molecule has 0 aromatic heterocycles. The summed E-state index contributed by atoms with van der Waals surface area (Å²) in [7, 11) is 0. The molecule has 4 heteroatoms. The highest BCUT2D eigenvalue weighted by molar-refractivity contribution is 5.79. The number of carboxylic acid groups (broad SMARTS) is 1. The fraction of sp³-hybridized carbons (Fsp3) is 0.562. The molecule has 0 aliphatic heterocycles. The molecule has 0 radical (unpaired) electrons. The smallest absolute Gasteiger partial charge is 0.324 e. The Kier molecular flexibility index (Phi) is 6.52. The quantitative estimate of drug-likeness (QED) is 0.608. The normalized spacial score (nSPS) is 13.9. The molecule has 1 aromatic carbocycles. The second-order valence-corrected chi connectivity index (χ2v) is 5.22. The molecule has 4 nitrogen and oxygen atoms in total. The molecule has 3 N–H and O–H groups in total. The van der Waals surface area contributed by atoms with E-state index in [9.17, 15) is 15.0 Å². The van der Waals surface area contributed by atoms with E-state index in [-0.39, 0.29) is 5.75 Å². The SMILES string of the molecule is CCCCCNC(CC)(Cc1ccc(O)cc1)C(=O)O. The summed E-state index contributed by atoms with van der Waals surface area (Å²) < 4.78 is 0. The van der Waals surface area contributed by atoms with Gasteiger partial charge < -0.3 is 15.5 Å². The van der Waals surface area contributed by atoms with Crippen LogP contribution in [0.5, 0.6) is 5.75 Å². The number of aromatic hydroxyl groups is 1. The first-order chi connectivity index (χ1) is 9.54. The summed E-state index contributed by atoms with van der Waals surface area (Å²) in [5.74, 6) is -0.619. The van der Waals surface area contributed by atoms with E-state index in [1.54, 1.807) is 24.3 Å². The number of hydrogen-bond acceptors (Lipinski definition) is 3. The minimum Gasteiger partial charge on any atom is -0.508 e. The Bertz CT molecular complexity index is 416. The number of carboxylic acids is 1. The zero-order chi connectivity index (χ0) is 15.0. The van der Waals surface area contributed by atoms with Gasteiger partial charge >= 0.3 is 5.97 Å². The van der Waals surface area contributed by atoms with Gasteiger partial charge in [-0.3, -0.25) is 4.79 Å². The predicted octanol–water partition coefficient (Wildman–Crippen LogP) is 2.95. The third kappa shape index (κ3) is 4.53. The number of benzene rings is 1. The van der Waals surface area contributed by atoms with Crippen LogP contribution in [0.1, 0.15) is 45.1 Å². The topological polar surface area (TPSA) is 69.6 Å². The first-order valence-corrected chi connectivity index (χ1v) is 7.30. The molecule has 0 spiro atoms. The van der Waals surface area contributed by atoms with Crippen molar-refractivity contribution < 1.29 is 15.0 Å². The Balaban J connectivity index is 2.76. The maximum absolute atomic E-state index is 11.7. The lowest BCUT2D eigenvalue weighted by atomic mass is 9.88. The Morgan fingerprint density at radius 1 is 1.20 bits per heavy atom. The van der Waals surface area contributed by atoms with Gasteiger partial charge in [-0.25, -0.2) is 0 Å². The molecule has 1 atom stereocenters. The van der Waals surface area contributed by atoms with Crippen LogP contribution in [0.2, 0.25) is 0 Å². The number of nitrogens with one attached hydrogen (secondary N) is 1. The highest BCUT2D eigenvalue weighted by Crippen LogP contribution is 2.20. The lowest BCUT2D eigenvalue weighted by molar-refractivity contribution is -0.145. The molecule has 112 valence electrons. The third-order valence-corrected chi connectivity index (χ3v) is 3.70. The number of unbranched alkanes of at least 4 members (excludes halogenated alkanes) is 2. The second kappa shape index (κ2) is 7.90. The highest BCUT2D eigenvalue weighted by atomic mass is 16.4. The summed E-state index contributed by atoms with van der Waals surface area (Å²) in [6, 6.07) is 6.73. The summed E-state index contributed by atoms with van der Waals surface area (Å²) in [6.07, 6.45) is 4.15. The Morgan fingerprint density at radius 3 is 2.35 bits per heavy atom. The van der Waals surface area contributed by atoms with Gasteiger partial charge in [0.25, 0.3) is 0 Å². The molecule has 0 bridgehead atoms. The van der Waals surface area contributed by atoms with Crippen LogP contribution >= 0.6 is 0 Å². The lowest BCUT2D eigenvalue weighted by Gasteiger charge is -2.30. The van der Waals surface area contributed by atoms with Crippen LogP contribution in [-0.4, -0.2) is 28.3 Å². The maximum atomic E-state index is 11.7. The first-order valence-electron chi connectivity index (χ1n) is 7.30. The van der Waals surface area contributed by atoms with E-state index < -0.39 is 11.5 Å². The zero-order valence-electron chi connectivity index (χ0n) is 12.4. The number of phenols is 1. The van der Waals surface area contributed by atoms with Crippen molar-refractivity contribution in [2.75, 3.05) is 6.54 Å². The van der Waals surface area contributed by atoms with Gasteiger partial charge in [-0.05, 0) is 37.1 Å². The maximum Gasteiger partial charge on any atom is 0.324 e. The van der Waals surface area contributed by atoms with Gasteiger partial charge in [-0.2, -0.15) is 0 Å². The molecule has 0 saturated carbocycles.